The summed E-state index contributed by atoms with van der Waals surface area (Å²) in [5.74, 6) is -2.38. The lowest BCUT2D eigenvalue weighted by Crippen LogP contribution is -2.43. The molecule has 0 bridgehead atoms. The fourth-order valence-electron chi connectivity index (χ4n) is 7.47. The molecular weight excluding hydrogens is 818 g/mol. The van der Waals surface area contributed by atoms with Gasteiger partial charge < -0.3 is 25.2 Å². The quantitative estimate of drug-likeness (QED) is 0.0199. The Morgan fingerprint density at radius 1 is 0.508 bits per heavy atom. The molecular formula is C51H96NO10P. The molecule has 12 heteroatoms. The van der Waals surface area contributed by atoms with Crippen LogP contribution in [0, 0.1) is 0 Å². The number of carbonyl (C=O) groups excluding carboxylic acids is 2. The van der Waals surface area contributed by atoms with Crippen LogP contribution in [0.3, 0.4) is 0 Å². The van der Waals surface area contributed by atoms with E-state index >= 15 is 0 Å². The SMILES string of the molecule is CCCCC/C=C\C/C=C\CCCCCCCC(=O)NC(COP(=O)(O)OCC(O)COC(=O)CCCCCCCCCCCCCCCCCCCCCCCCCC)C(=O)O. The summed E-state index contributed by atoms with van der Waals surface area (Å²) >= 11 is 0. The number of phosphoric acid groups is 1. The molecule has 0 heterocycles. The molecule has 0 aromatic rings. The second-order valence-electron chi connectivity index (χ2n) is 17.7. The highest BCUT2D eigenvalue weighted by molar-refractivity contribution is 7.47. The first-order chi connectivity index (χ1) is 30.6. The fourth-order valence-corrected chi connectivity index (χ4v) is 8.24. The van der Waals surface area contributed by atoms with Gasteiger partial charge in [0.2, 0.25) is 5.91 Å². The minimum atomic E-state index is -4.76. The normalized spacial score (nSPS) is 13.7. The van der Waals surface area contributed by atoms with Gasteiger partial charge in [0.05, 0.1) is 13.2 Å². The van der Waals surface area contributed by atoms with E-state index in [2.05, 4.69) is 43.5 Å². The van der Waals surface area contributed by atoms with E-state index in [4.69, 9.17) is 13.8 Å². The van der Waals surface area contributed by atoms with Gasteiger partial charge >= 0.3 is 19.8 Å². The number of aliphatic carboxylic acids is 1. The molecule has 0 aromatic heterocycles. The largest absolute Gasteiger partial charge is 0.480 e. The molecule has 370 valence electrons. The number of aliphatic hydroxyl groups is 1. The first kappa shape index (κ1) is 61.0. The van der Waals surface area contributed by atoms with E-state index in [0.29, 0.717) is 12.8 Å². The van der Waals surface area contributed by atoms with Gasteiger partial charge in [-0.2, -0.15) is 0 Å². The molecule has 0 fully saturated rings. The number of hydrogen-bond acceptors (Lipinski definition) is 8. The topological polar surface area (TPSA) is 169 Å². The van der Waals surface area contributed by atoms with Crippen molar-refractivity contribution in [2.45, 2.75) is 264 Å². The summed E-state index contributed by atoms with van der Waals surface area (Å²) in [6.45, 7) is 2.60. The van der Waals surface area contributed by atoms with E-state index in [1.165, 1.54) is 148 Å². The molecule has 3 unspecified atom stereocenters. The summed E-state index contributed by atoms with van der Waals surface area (Å²) in [6.07, 6.45) is 50.7. The predicted molar refractivity (Wildman–Crippen MR) is 259 cm³/mol. The summed E-state index contributed by atoms with van der Waals surface area (Å²) in [5.41, 5.74) is 0. The second-order valence-corrected chi connectivity index (χ2v) is 19.2. The van der Waals surface area contributed by atoms with Crippen molar-refractivity contribution in [3.05, 3.63) is 24.3 Å². The maximum Gasteiger partial charge on any atom is 0.472 e. The average Bonchev–Trinajstić information content (AvgIpc) is 3.26. The summed E-state index contributed by atoms with van der Waals surface area (Å²) in [4.78, 5) is 46.1. The number of rotatable bonds is 49. The van der Waals surface area contributed by atoms with Gasteiger partial charge in [-0.3, -0.25) is 18.6 Å². The molecule has 0 saturated carbocycles. The molecule has 1 amide bonds. The van der Waals surface area contributed by atoms with E-state index in [0.717, 1.165) is 64.2 Å². The Kier molecular flexibility index (Phi) is 45.0. The van der Waals surface area contributed by atoms with Crippen molar-refractivity contribution in [1.82, 2.24) is 5.32 Å². The smallest absolute Gasteiger partial charge is 0.472 e. The molecule has 0 aliphatic rings. The van der Waals surface area contributed by atoms with Gasteiger partial charge in [-0.15, -0.1) is 0 Å². The Labute approximate surface area is 385 Å². The van der Waals surface area contributed by atoms with Crippen molar-refractivity contribution in [2.24, 2.45) is 0 Å². The van der Waals surface area contributed by atoms with Crippen LogP contribution in [0.4, 0.5) is 0 Å². The number of aliphatic hydroxyl groups excluding tert-OH is 1. The predicted octanol–water partition coefficient (Wildman–Crippen LogP) is 14.2. The first-order valence-corrected chi connectivity index (χ1v) is 27.4. The van der Waals surface area contributed by atoms with E-state index in [-0.39, 0.29) is 12.8 Å². The molecule has 63 heavy (non-hydrogen) atoms. The van der Waals surface area contributed by atoms with Gasteiger partial charge in [0.15, 0.2) is 6.04 Å². The number of ether oxygens (including phenoxy) is 1. The van der Waals surface area contributed by atoms with Gasteiger partial charge in [0.25, 0.3) is 0 Å². The fraction of sp³-hybridized carbons (Fsp3) is 0.863. The molecule has 3 atom stereocenters. The van der Waals surface area contributed by atoms with Gasteiger partial charge in [0.1, 0.15) is 12.7 Å². The van der Waals surface area contributed by atoms with Crippen LogP contribution in [0.15, 0.2) is 24.3 Å². The summed E-state index contributed by atoms with van der Waals surface area (Å²) in [7, 11) is -4.76. The van der Waals surface area contributed by atoms with Crippen LogP contribution >= 0.6 is 7.82 Å². The summed E-state index contributed by atoms with van der Waals surface area (Å²) < 4.78 is 26.9. The first-order valence-electron chi connectivity index (χ1n) is 25.9. The summed E-state index contributed by atoms with van der Waals surface area (Å²) in [5, 5.41) is 21.9. The van der Waals surface area contributed by atoms with Crippen molar-refractivity contribution in [3.8, 4) is 0 Å². The van der Waals surface area contributed by atoms with Gasteiger partial charge in [-0.1, -0.05) is 218 Å². The molecule has 11 nitrogen and oxygen atoms in total. The van der Waals surface area contributed by atoms with Crippen molar-refractivity contribution in [2.75, 3.05) is 19.8 Å². The van der Waals surface area contributed by atoms with E-state index in [1.54, 1.807) is 0 Å². The third-order valence-electron chi connectivity index (χ3n) is 11.5. The highest BCUT2D eigenvalue weighted by atomic mass is 31.2. The highest BCUT2D eigenvalue weighted by Gasteiger charge is 2.28. The lowest BCUT2D eigenvalue weighted by Gasteiger charge is -2.18. The Bertz CT molecular complexity index is 1160. The number of unbranched alkanes of at least 4 members (excludes halogenated alkanes) is 31. The zero-order chi connectivity index (χ0) is 46.3. The van der Waals surface area contributed by atoms with Crippen LogP contribution in [-0.2, 0) is 32.7 Å². The molecule has 4 N–H and O–H groups in total. The van der Waals surface area contributed by atoms with Crippen LogP contribution in [0.25, 0.3) is 0 Å². The van der Waals surface area contributed by atoms with Gasteiger partial charge in [-0.25, -0.2) is 9.36 Å². The minimum absolute atomic E-state index is 0.131. The van der Waals surface area contributed by atoms with E-state index < -0.39 is 57.6 Å². The maximum atomic E-state index is 12.3. The van der Waals surface area contributed by atoms with Crippen molar-refractivity contribution >= 4 is 25.7 Å². The van der Waals surface area contributed by atoms with Crippen LogP contribution < -0.4 is 5.32 Å². The van der Waals surface area contributed by atoms with Gasteiger partial charge in [-0.05, 0) is 44.9 Å². The number of hydrogen-bond donors (Lipinski definition) is 4. The third-order valence-corrected chi connectivity index (χ3v) is 12.4. The maximum absolute atomic E-state index is 12.3. The number of amides is 1. The monoisotopic (exact) mass is 914 g/mol. The number of nitrogens with one attached hydrogen (secondary N) is 1. The number of carboxylic acids is 1. The zero-order valence-corrected chi connectivity index (χ0v) is 41.3. The number of phosphoric ester groups is 1. The Hall–Kier alpha value is -2.04. The van der Waals surface area contributed by atoms with Crippen LogP contribution in [0.5, 0.6) is 0 Å². The van der Waals surface area contributed by atoms with Crippen molar-refractivity contribution in [3.63, 3.8) is 0 Å². The highest BCUT2D eigenvalue weighted by Crippen LogP contribution is 2.43. The van der Waals surface area contributed by atoms with Crippen molar-refractivity contribution < 1.29 is 47.8 Å². The Morgan fingerprint density at radius 3 is 1.32 bits per heavy atom. The second kappa shape index (κ2) is 46.5. The van der Waals surface area contributed by atoms with Crippen molar-refractivity contribution in [1.29, 1.82) is 0 Å². The molecule has 0 radical (unpaired) electrons. The molecule has 0 aliphatic heterocycles. The zero-order valence-electron chi connectivity index (χ0n) is 40.4. The lowest BCUT2D eigenvalue weighted by molar-refractivity contribution is -0.147. The Morgan fingerprint density at radius 2 is 0.873 bits per heavy atom. The number of allylic oxidation sites excluding steroid dienone is 4. The van der Waals surface area contributed by atoms with E-state index in [9.17, 15) is 34.1 Å². The minimum Gasteiger partial charge on any atom is -0.480 e. The molecule has 0 spiro atoms. The average molecular weight is 914 g/mol. The molecule has 0 aromatic carbocycles. The van der Waals surface area contributed by atoms with Crippen LogP contribution in [0.1, 0.15) is 251 Å². The summed E-state index contributed by atoms with van der Waals surface area (Å²) in [6, 6.07) is -1.55. The molecule has 0 saturated heterocycles. The van der Waals surface area contributed by atoms with Gasteiger partial charge in [0, 0.05) is 12.8 Å². The third kappa shape index (κ3) is 46.3. The number of carbonyl (C=O) groups is 3. The standard InChI is InChI=1S/C51H96NO10P/c1-3-5-7-9-11-13-15-17-19-20-21-22-23-24-25-26-27-29-31-33-35-37-39-41-43-50(55)60-44-47(53)45-61-63(58,59)62-46-48(51(56)57)52-49(54)42-40-38-36-34-32-30-28-18-16-14-12-10-8-6-4-2/h12,14,18,28,47-48,53H,3-11,13,15-17,19-27,29-46H2,1-2H3,(H,52,54)(H,56,57)(H,58,59)/b14-12-,28-18-. The van der Waals surface area contributed by atoms with Crippen LogP contribution in [0.2, 0.25) is 0 Å². The lowest BCUT2D eigenvalue weighted by atomic mass is 10.0. The number of carboxylic acid groups (broad SMARTS) is 1. The molecule has 0 aliphatic carbocycles. The van der Waals surface area contributed by atoms with E-state index in [1.807, 2.05) is 0 Å². The Balaban J connectivity index is 3.76. The number of esters is 1. The van der Waals surface area contributed by atoms with Crippen LogP contribution in [-0.4, -0.2) is 64.9 Å². The molecule has 0 rings (SSSR count).